The maximum Gasteiger partial charge on any atom is 0.319 e. The molecule has 0 spiro atoms. The molecule has 0 saturated carbocycles. The van der Waals surface area contributed by atoms with Crippen molar-refractivity contribution in [1.82, 2.24) is 5.32 Å². The lowest BCUT2D eigenvalue weighted by Crippen LogP contribution is -2.50. The number of carbonyl (C=O) groups excluding carboxylic acids is 1. The predicted octanol–water partition coefficient (Wildman–Crippen LogP) is 2.94. The SMILES string of the molecule is C[N+](C)(C)CC(CC(=O)O)NC(=O)Nc1ccc(OCc2ccccc2)cc1. The molecule has 1 atom stereocenters. The van der Waals surface area contributed by atoms with E-state index < -0.39 is 18.0 Å². The molecule has 28 heavy (non-hydrogen) atoms. The van der Waals surface area contributed by atoms with Gasteiger partial charge in [0.25, 0.3) is 0 Å². The molecule has 150 valence electrons. The number of ether oxygens (including phenoxy) is 1. The van der Waals surface area contributed by atoms with Gasteiger partial charge in [-0.15, -0.1) is 0 Å². The average molecular weight is 386 g/mol. The molecule has 0 aromatic heterocycles. The Morgan fingerprint density at radius 1 is 1.04 bits per heavy atom. The van der Waals surface area contributed by atoms with Crippen molar-refractivity contribution < 1.29 is 23.9 Å². The van der Waals surface area contributed by atoms with E-state index in [1.807, 2.05) is 51.5 Å². The Morgan fingerprint density at radius 2 is 1.68 bits per heavy atom. The molecule has 0 bridgehead atoms. The zero-order chi connectivity index (χ0) is 20.6. The smallest absolute Gasteiger partial charge is 0.319 e. The molecule has 2 amide bonds. The minimum absolute atomic E-state index is 0.130. The van der Waals surface area contributed by atoms with Gasteiger partial charge in [0.15, 0.2) is 0 Å². The number of aliphatic carboxylic acids is 1. The summed E-state index contributed by atoms with van der Waals surface area (Å²) >= 11 is 0. The van der Waals surface area contributed by atoms with Gasteiger partial charge < -0.3 is 25.0 Å². The van der Waals surface area contributed by atoms with E-state index in [-0.39, 0.29) is 6.42 Å². The quantitative estimate of drug-likeness (QED) is 0.578. The molecule has 2 aromatic carbocycles. The number of carboxylic acids is 1. The number of rotatable bonds is 9. The third-order valence-corrected chi connectivity index (χ3v) is 3.88. The number of amides is 2. The van der Waals surface area contributed by atoms with Crippen LogP contribution in [0.1, 0.15) is 12.0 Å². The summed E-state index contributed by atoms with van der Waals surface area (Å²) in [7, 11) is 5.84. The molecule has 2 aromatic rings. The highest BCUT2D eigenvalue weighted by atomic mass is 16.5. The van der Waals surface area contributed by atoms with Gasteiger partial charge in [0.1, 0.15) is 12.4 Å². The summed E-state index contributed by atoms with van der Waals surface area (Å²) in [4.78, 5) is 23.3. The molecule has 0 saturated heterocycles. The highest BCUT2D eigenvalue weighted by Crippen LogP contribution is 2.17. The number of quaternary nitrogens is 1. The Labute approximate surface area is 165 Å². The van der Waals surface area contributed by atoms with Crippen LogP contribution in [0.25, 0.3) is 0 Å². The van der Waals surface area contributed by atoms with Gasteiger partial charge in [-0.05, 0) is 29.8 Å². The van der Waals surface area contributed by atoms with E-state index in [0.717, 1.165) is 5.56 Å². The fourth-order valence-corrected chi connectivity index (χ4v) is 2.76. The van der Waals surface area contributed by atoms with Crippen LogP contribution in [-0.2, 0) is 11.4 Å². The third-order valence-electron chi connectivity index (χ3n) is 3.88. The zero-order valence-electron chi connectivity index (χ0n) is 16.5. The Morgan fingerprint density at radius 3 is 2.25 bits per heavy atom. The van der Waals surface area contributed by atoms with Gasteiger partial charge in [-0.3, -0.25) is 4.79 Å². The highest BCUT2D eigenvalue weighted by molar-refractivity contribution is 5.89. The minimum Gasteiger partial charge on any atom is -0.489 e. The van der Waals surface area contributed by atoms with Gasteiger partial charge >= 0.3 is 12.0 Å². The zero-order valence-corrected chi connectivity index (χ0v) is 16.5. The lowest BCUT2D eigenvalue weighted by atomic mass is 10.2. The topological polar surface area (TPSA) is 87.7 Å². The summed E-state index contributed by atoms with van der Waals surface area (Å²) in [6.45, 7) is 0.974. The fraction of sp³-hybridized carbons (Fsp3) is 0.333. The number of hydrogen-bond donors (Lipinski definition) is 3. The number of benzene rings is 2. The molecule has 0 heterocycles. The van der Waals surface area contributed by atoms with E-state index in [2.05, 4.69) is 10.6 Å². The summed E-state index contributed by atoms with van der Waals surface area (Å²) in [5.41, 5.74) is 1.68. The molecular formula is C21H28N3O4+. The van der Waals surface area contributed by atoms with Crippen LogP contribution in [0.15, 0.2) is 54.6 Å². The van der Waals surface area contributed by atoms with Gasteiger partial charge in [-0.1, -0.05) is 30.3 Å². The van der Waals surface area contributed by atoms with Crippen LogP contribution in [0.3, 0.4) is 0 Å². The second-order valence-corrected chi connectivity index (χ2v) is 7.66. The summed E-state index contributed by atoms with van der Waals surface area (Å²) in [5.74, 6) is -0.248. The lowest BCUT2D eigenvalue weighted by Gasteiger charge is -2.29. The molecule has 0 fully saturated rings. The van der Waals surface area contributed by atoms with Crippen molar-refractivity contribution in [2.75, 3.05) is 33.0 Å². The largest absolute Gasteiger partial charge is 0.489 e. The Balaban J connectivity index is 1.87. The monoisotopic (exact) mass is 386 g/mol. The van der Waals surface area contributed by atoms with Gasteiger partial charge in [-0.25, -0.2) is 4.79 Å². The van der Waals surface area contributed by atoms with Crippen LogP contribution in [0.5, 0.6) is 5.75 Å². The van der Waals surface area contributed by atoms with E-state index in [0.29, 0.717) is 29.1 Å². The number of anilines is 1. The fourth-order valence-electron chi connectivity index (χ4n) is 2.76. The number of hydrogen-bond acceptors (Lipinski definition) is 3. The first-order chi connectivity index (χ1) is 13.2. The summed E-state index contributed by atoms with van der Waals surface area (Å²) in [5, 5.41) is 14.5. The van der Waals surface area contributed by atoms with E-state index in [4.69, 9.17) is 9.84 Å². The molecule has 7 nitrogen and oxygen atoms in total. The van der Waals surface area contributed by atoms with Gasteiger partial charge in [-0.2, -0.15) is 0 Å². The Kier molecular flexibility index (Phi) is 7.40. The molecular weight excluding hydrogens is 358 g/mol. The molecule has 7 heteroatoms. The van der Waals surface area contributed by atoms with E-state index in [1.165, 1.54) is 0 Å². The third kappa shape index (κ3) is 8.09. The predicted molar refractivity (Wildman–Crippen MR) is 108 cm³/mol. The summed E-state index contributed by atoms with van der Waals surface area (Å²) in [6.07, 6.45) is -0.130. The lowest BCUT2D eigenvalue weighted by molar-refractivity contribution is -0.871. The second-order valence-electron chi connectivity index (χ2n) is 7.66. The van der Waals surface area contributed by atoms with Crippen LogP contribution >= 0.6 is 0 Å². The highest BCUT2D eigenvalue weighted by Gasteiger charge is 2.22. The van der Waals surface area contributed by atoms with Crippen molar-refractivity contribution in [2.24, 2.45) is 0 Å². The molecule has 0 aliphatic carbocycles. The molecule has 2 rings (SSSR count). The molecule has 0 aliphatic rings. The van der Waals surface area contributed by atoms with Crippen LogP contribution in [-0.4, -0.2) is 55.3 Å². The maximum atomic E-state index is 12.2. The molecule has 0 aliphatic heterocycles. The molecule has 3 N–H and O–H groups in total. The number of likely N-dealkylation sites (N-methyl/N-ethyl adjacent to an activating group) is 1. The molecule has 1 unspecified atom stereocenters. The van der Waals surface area contributed by atoms with E-state index in [1.54, 1.807) is 24.3 Å². The van der Waals surface area contributed by atoms with Crippen LogP contribution in [0.2, 0.25) is 0 Å². The summed E-state index contributed by atoms with van der Waals surface area (Å²) in [6, 6.07) is 16.0. The first-order valence-corrected chi connectivity index (χ1v) is 9.08. The number of nitrogens with zero attached hydrogens (tertiary/aromatic N) is 1. The summed E-state index contributed by atoms with van der Waals surface area (Å²) < 4.78 is 6.27. The van der Waals surface area contributed by atoms with Crippen LogP contribution in [0.4, 0.5) is 10.5 Å². The van der Waals surface area contributed by atoms with Crippen molar-refractivity contribution in [3.05, 3.63) is 60.2 Å². The van der Waals surface area contributed by atoms with E-state index >= 15 is 0 Å². The normalized spacial score (nSPS) is 12.1. The number of urea groups is 1. The van der Waals surface area contributed by atoms with Crippen molar-refractivity contribution >= 4 is 17.7 Å². The van der Waals surface area contributed by atoms with E-state index in [9.17, 15) is 9.59 Å². The Bertz CT molecular complexity index is 770. The molecule has 0 radical (unpaired) electrons. The standard InChI is InChI=1S/C21H27N3O4/c1-24(2,3)14-18(13-20(25)26)23-21(27)22-17-9-11-19(12-10-17)28-15-16-7-5-4-6-8-16/h4-12,18H,13-15H2,1-3H3,(H2-,22,23,25,26,27)/p+1. The first-order valence-electron chi connectivity index (χ1n) is 9.08. The van der Waals surface area contributed by atoms with Gasteiger partial charge in [0, 0.05) is 5.69 Å². The van der Waals surface area contributed by atoms with Crippen molar-refractivity contribution in [3.63, 3.8) is 0 Å². The number of carboxylic acid groups (broad SMARTS) is 1. The van der Waals surface area contributed by atoms with Crippen LogP contribution in [0, 0.1) is 0 Å². The maximum absolute atomic E-state index is 12.2. The van der Waals surface area contributed by atoms with Gasteiger partial charge in [0.05, 0.1) is 40.2 Å². The minimum atomic E-state index is -0.946. The second kappa shape index (κ2) is 9.75. The number of carbonyl (C=O) groups is 2. The van der Waals surface area contributed by atoms with Crippen molar-refractivity contribution in [1.29, 1.82) is 0 Å². The van der Waals surface area contributed by atoms with Gasteiger partial charge in [0.2, 0.25) is 0 Å². The number of nitrogens with one attached hydrogen (secondary N) is 2. The Hall–Kier alpha value is -3.06. The first kappa shape index (κ1) is 21.2. The van der Waals surface area contributed by atoms with Crippen molar-refractivity contribution in [3.8, 4) is 5.75 Å². The average Bonchev–Trinajstić information content (AvgIpc) is 2.60. The van der Waals surface area contributed by atoms with Crippen LogP contribution < -0.4 is 15.4 Å². The van der Waals surface area contributed by atoms with Crippen molar-refractivity contribution in [2.45, 2.75) is 19.1 Å².